The minimum Gasteiger partial charge on any atom is -0.489 e. The molecule has 19 heteroatoms. The molecule has 1 aliphatic rings. The van der Waals surface area contributed by atoms with Crippen molar-refractivity contribution in [2.24, 2.45) is 0 Å². The van der Waals surface area contributed by atoms with Crippen molar-refractivity contribution in [3.05, 3.63) is 65.9 Å². The molecule has 16 nitrogen and oxygen atoms in total. The van der Waals surface area contributed by atoms with Crippen LogP contribution < -0.4 is 103 Å². The average molecular weight is 764 g/mol. The fourth-order valence-corrected chi connectivity index (χ4v) is 4.32. The summed E-state index contributed by atoms with van der Waals surface area (Å²) in [4.78, 5) is 2.16. The van der Waals surface area contributed by atoms with E-state index in [1.807, 2.05) is 0 Å². The molecule has 1 aliphatic heterocycles. The molecular formula is C30H41Cl2KN2O14. The third kappa shape index (κ3) is 22.4. The van der Waals surface area contributed by atoms with Gasteiger partial charge in [-0.1, -0.05) is 18.2 Å². The predicted octanol–water partition coefficient (Wildman–Crippen LogP) is -9.12. The van der Waals surface area contributed by atoms with E-state index in [0.29, 0.717) is 59.5 Å². The first-order chi connectivity index (χ1) is 22.3. The Bertz CT molecular complexity index is 1340. The summed E-state index contributed by atoms with van der Waals surface area (Å²) in [5.41, 5.74) is 4.50. The van der Waals surface area contributed by atoms with Crippen LogP contribution in [-0.2, 0) is 25.5 Å². The van der Waals surface area contributed by atoms with Crippen LogP contribution in [0.1, 0.15) is 18.2 Å². The predicted molar refractivity (Wildman–Crippen MR) is 151 cm³/mol. The van der Waals surface area contributed by atoms with Crippen LogP contribution in [0.4, 0.5) is 5.69 Å². The summed E-state index contributed by atoms with van der Waals surface area (Å²) >= 11 is 0. The smallest absolute Gasteiger partial charge is 0.489 e. The third-order valence-electron chi connectivity index (χ3n) is 6.30. The molecule has 4 rings (SSSR count). The van der Waals surface area contributed by atoms with Crippen LogP contribution in [0.15, 0.2) is 54.6 Å². The second-order valence-corrected chi connectivity index (χ2v) is 11.1. The van der Waals surface area contributed by atoms with Crippen LogP contribution in [0, 0.1) is 20.5 Å². The first-order valence-corrected chi connectivity index (χ1v) is 16.8. The quantitative estimate of drug-likeness (QED) is 0.177. The number of hydrogen-bond acceptors (Lipinski definition) is 14. The minimum atomic E-state index is -4.94. The fraction of sp³-hybridized carbons (Fsp3) is 0.433. The molecule has 0 saturated heterocycles. The van der Waals surface area contributed by atoms with Crippen molar-refractivity contribution in [3.63, 3.8) is 0 Å². The standard InChI is InChI=1S/C30H39N2O5.2ClHO4.K.H2O/c1-3-32-27(12-10-26-6-4-5-7-28(26)32)11-8-25-9-13-29-30(24-25)37-23-22-36-21-20-35-19-18-34-17-16-33-15-14-31(29)2;2*2-1(3,4)5;;/h4-13,24H,3,14-23H2,1-2H3;2*(H,2,3,4,5);;1H2/q+1;;;+1;/p-2. The van der Waals surface area contributed by atoms with Crippen molar-refractivity contribution in [2.45, 2.75) is 13.5 Å². The Hall–Kier alpha value is -1.11. The number of aryl methyl sites for hydroxylation is 1. The van der Waals surface area contributed by atoms with E-state index in [0.717, 1.165) is 35.8 Å². The molecule has 0 aliphatic carbocycles. The van der Waals surface area contributed by atoms with Gasteiger partial charge in [-0.15, -0.1) is 20.5 Å². The first kappa shape index (κ1) is 47.9. The molecule has 2 heterocycles. The molecule has 49 heavy (non-hydrogen) atoms. The second kappa shape index (κ2) is 25.8. The number of likely N-dealkylation sites (N-methyl/N-ethyl adjacent to an activating group) is 1. The Balaban J connectivity index is 0.00000169. The van der Waals surface area contributed by atoms with Crippen molar-refractivity contribution in [2.75, 3.05) is 78.0 Å². The van der Waals surface area contributed by atoms with Gasteiger partial charge in [0, 0.05) is 37.2 Å². The fourth-order valence-electron chi connectivity index (χ4n) is 4.32. The molecule has 0 unspecified atom stereocenters. The van der Waals surface area contributed by atoms with Gasteiger partial charge in [0.1, 0.15) is 18.9 Å². The van der Waals surface area contributed by atoms with E-state index in [9.17, 15) is 0 Å². The molecule has 0 radical (unpaired) electrons. The molecule has 0 spiro atoms. The van der Waals surface area contributed by atoms with Gasteiger partial charge < -0.3 is 34.1 Å². The maximum absolute atomic E-state index is 8.49. The number of nitrogens with zero attached hydrogens (tertiary/aromatic N) is 2. The van der Waals surface area contributed by atoms with Gasteiger partial charge in [0.2, 0.25) is 11.2 Å². The van der Waals surface area contributed by atoms with Crippen LogP contribution in [0.3, 0.4) is 0 Å². The number of ether oxygens (including phenoxy) is 5. The SMILES string of the molecule is CC[n+]1c(/C=C/c2ccc3c(c2)OCCOCCOCCOCCOCCN3C)ccc2ccccc21.O.[K+].[O-][Cl+3]([O-])([O-])[O-].[O-][Cl+3]([O-])([O-])[O-]. The largest absolute Gasteiger partial charge is 1.00 e. The van der Waals surface area contributed by atoms with E-state index in [4.69, 9.17) is 61.0 Å². The molecule has 3 aromatic rings. The molecule has 1 aromatic heterocycles. The molecule has 2 aromatic carbocycles. The average Bonchev–Trinajstić information content (AvgIpc) is 2.99. The van der Waals surface area contributed by atoms with E-state index in [2.05, 4.69) is 90.2 Å². The molecule has 270 valence electrons. The number of benzene rings is 2. The van der Waals surface area contributed by atoms with Crippen molar-refractivity contribution >= 4 is 28.7 Å². The summed E-state index contributed by atoms with van der Waals surface area (Å²) in [6.45, 7) is 8.73. The van der Waals surface area contributed by atoms with Gasteiger partial charge in [-0.05, 0) is 42.8 Å². The van der Waals surface area contributed by atoms with E-state index >= 15 is 0 Å². The number of pyridine rings is 1. The maximum Gasteiger partial charge on any atom is 1.00 e. The summed E-state index contributed by atoms with van der Waals surface area (Å²) in [7, 11) is -7.83. The molecule has 0 bridgehead atoms. The summed E-state index contributed by atoms with van der Waals surface area (Å²) in [5.74, 6) is 0.829. The Morgan fingerprint density at radius 3 is 1.76 bits per heavy atom. The van der Waals surface area contributed by atoms with E-state index in [-0.39, 0.29) is 56.9 Å². The van der Waals surface area contributed by atoms with Crippen molar-refractivity contribution in [1.29, 1.82) is 0 Å². The first-order valence-electron chi connectivity index (χ1n) is 14.4. The summed E-state index contributed by atoms with van der Waals surface area (Å²) < 4.78 is 98.9. The zero-order valence-corrected chi connectivity index (χ0v) is 32.2. The Morgan fingerprint density at radius 2 is 1.20 bits per heavy atom. The maximum atomic E-state index is 8.49. The van der Waals surface area contributed by atoms with Crippen molar-refractivity contribution in [3.8, 4) is 5.75 Å². The van der Waals surface area contributed by atoms with Crippen LogP contribution in [0.5, 0.6) is 5.75 Å². The van der Waals surface area contributed by atoms with Gasteiger partial charge in [-0.25, -0.2) is 37.3 Å². The van der Waals surface area contributed by atoms with Crippen LogP contribution in [-0.4, -0.2) is 78.5 Å². The monoisotopic (exact) mass is 762 g/mol. The van der Waals surface area contributed by atoms with Crippen molar-refractivity contribution in [1.82, 2.24) is 0 Å². The Kier molecular flexibility index (Phi) is 25.2. The third-order valence-corrected chi connectivity index (χ3v) is 6.30. The molecular weight excluding hydrogens is 722 g/mol. The molecule has 0 fully saturated rings. The van der Waals surface area contributed by atoms with Gasteiger partial charge in [-0.2, -0.15) is 4.57 Å². The Labute approximate surface area is 331 Å². The van der Waals surface area contributed by atoms with Crippen LogP contribution in [0.2, 0.25) is 0 Å². The van der Waals surface area contributed by atoms with E-state index in [1.165, 1.54) is 10.9 Å². The summed E-state index contributed by atoms with van der Waals surface area (Å²) in [6, 6.07) is 19.2. The topological polar surface area (TPSA) is 269 Å². The number of rotatable bonds is 3. The normalized spacial score (nSPS) is 15.4. The summed E-state index contributed by atoms with van der Waals surface area (Å²) in [6.07, 6.45) is 4.31. The number of aromatic nitrogens is 1. The van der Waals surface area contributed by atoms with Gasteiger partial charge in [-0.3, -0.25) is 0 Å². The second-order valence-electron chi connectivity index (χ2n) is 9.60. The number of hydrogen-bond donors (Lipinski definition) is 0. The Morgan fingerprint density at radius 1 is 0.694 bits per heavy atom. The molecule has 0 amide bonds. The zero-order chi connectivity index (χ0) is 34.7. The number of fused-ring (bicyclic) bond motifs is 2. The zero-order valence-electron chi connectivity index (χ0n) is 27.6. The number of halogens is 2. The molecule has 0 atom stereocenters. The van der Waals surface area contributed by atoms with Crippen molar-refractivity contribution < 1.29 is 143 Å². The minimum absolute atomic E-state index is 0. The molecule has 2 N–H and O–H groups in total. The number of anilines is 1. The van der Waals surface area contributed by atoms with Crippen LogP contribution in [0.25, 0.3) is 23.1 Å². The molecule has 0 saturated carbocycles. The van der Waals surface area contributed by atoms with Gasteiger partial charge in [0.25, 0.3) is 0 Å². The number of para-hydroxylation sites is 1. The van der Waals surface area contributed by atoms with Gasteiger partial charge in [0.15, 0.2) is 0 Å². The van der Waals surface area contributed by atoms with Gasteiger partial charge >= 0.3 is 51.4 Å². The van der Waals surface area contributed by atoms with Crippen LogP contribution >= 0.6 is 0 Å². The summed E-state index contributed by atoms with van der Waals surface area (Å²) in [5, 5.41) is 1.24. The van der Waals surface area contributed by atoms with Gasteiger partial charge in [0.05, 0.1) is 58.5 Å². The van der Waals surface area contributed by atoms with E-state index < -0.39 is 20.5 Å². The van der Waals surface area contributed by atoms with E-state index in [1.54, 1.807) is 0 Å².